The zero-order chi connectivity index (χ0) is 17.7. The summed E-state index contributed by atoms with van der Waals surface area (Å²) in [6.45, 7) is 7.52. The van der Waals surface area contributed by atoms with Gasteiger partial charge in [0.05, 0.1) is 31.4 Å². The monoisotopic (exact) mass is 344 g/mol. The van der Waals surface area contributed by atoms with Crippen LogP contribution in [0.2, 0.25) is 0 Å². The fourth-order valence-electron chi connectivity index (χ4n) is 2.54. The van der Waals surface area contributed by atoms with Crippen LogP contribution in [-0.4, -0.2) is 45.5 Å². The highest BCUT2D eigenvalue weighted by molar-refractivity contribution is 5.79. The molecule has 1 heterocycles. The molecular weight excluding hydrogens is 316 g/mol. The molecule has 1 aliphatic heterocycles. The molecule has 0 spiro atoms. The Balaban J connectivity index is 1.65. The Labute approximate surface area is 150 Å². The van der Waals surface area contributed by atoms with Gasteiger partial charge in [0.2, 0.25) is 0 Å². The largest absolute Gasteiger partial charge is 0.381 e. The van der Waals surface area contributed by atoms with Crippen molar-refractivity contribution in [2.75, 3.05) is 39.5 Å². The van der Waals surface area contributed by atoms with Crippen LogP contribution in [-0.2, 0) is 16.0 Å². The molecule has 136 valence electrons. The molecule has 0 amide bonds. The molecular formula is C19H28N4O2. The van der Waals surface area contributed by atoms with Crippen LogP contribution in [0.4, 0.5) is 0 Å². The summed E-state index contributed by atoms with van der Waals surface area (Å²) < 4.78 is 11.0. The first-order chi connectivity index (χ1) is 12.3. The molecule has 2 rings (SSSR count). The van der Waals surface area contributed by atoms with Gasteiger partial charge in [-0.2, -0.15) is 5.26 Å². The van der Waals surface area contributed by atoms with E-state index in [1.165, 1.54) is 0 Å². The van der Waals surface area contributed by atoms with Crippen LogP contribution >= 0.6 is 0 Å². The predicted octanol–water partition coefficient (Wildman–Crippen LogP) is 2.06. The minimum atomic E-state index is 0.569. The van der Waals surface area contributed by atoms with Crippen molar-refractivity contribution in [1.82, 2.24) is 10.6 Å². The number of nitrogens with one attached hydrogen (secondary N) is 2. The van der Waals surface area contributed by atoms with E-state index in [-0.39, 0.29) is 0 Å². The van der Waals surface area contributed by atoms with E-state index in [0.717, 1.165) is 63.9 Å². The van der Waals surface area contributed by atoms with Crippen molar-refractivity contribution < 1.29 is 9.47 Å². The van der Waals surface area contributed by atoms with Crippen molar-refractivity contribution in [1.29, 1.82) is 5.26 Å². The lowest BCUT2D eigenvalue weighted by Gasteiger charge is -2.12. The van der Waals surface area contributed by atoms with E-state index in [9.17, 15) is 0 Å². The normalized spacial score (nSPS) is 17.3. The molecule has 0 saturated carbocycles. The molecule has 0 bridgehead atoms. The molecule has 0 radical (unpaired) electrons. The summed E-state index contributed by atoms with van der Waals surface area (Å²) in [4.78, 5) is 4.57. The Hall–Kier alpha value is -2.10. The Morgan fingerprint density at radius 2 is 2.20 bits per heavy atom. The lowest BCUT2D eigenvalue weighted by molar-refractivity contribution is 0.0888. The summed E-state index contributed by atoms with van der Waals surface area (Å²) in [5, 5.41) is 15.4. The number of aliphatic imine (C=N–C) groups is 1. The fraction of sp³-hybridized carbons (Fsp3) is 0.579. The number of hydrogen-bond acceptors (Lipinski definition) is 4. The summed E-state index contributed by atoms with van der Waals surface area (Å²) >= 11 is 0. The van der Waals surface area contributed by atoms with Gasteiger partial charge in [-0.3, -0.25) is 0 Å². The number of nitrogens with zero attached hydrogens (tertiary/aromatic N) is 2. The van der Waals surface area contributed by atoms with Gasteiger partial charge in [-0.1, -0.05) is 12.1 Å². The summed E-state index contributed by atoms with van der Waals surface area (Å²) in [5.74, 6) is 1.37. The third-order valence-corrected chi connectivity index (χ3v) is 3.98. The zero-order valence-corrected chi connectivity index (χ0v) is 15.0. The van der Waals surface area contributed by atoms with E-state index < -0.39 is 0 Å². The van der Waals surface area contributed by atoms with Crippen LogP contribution < -0.4 is 10.6 Å². The summed E-state index contributed by atoms with van der Waals surface area (Å²) in [6.07, 6.45) is 2.06. The smallest absolute Gasteiger partial charge is 0.191 e. The Kier molecular flexibility index (Phi) is 8.81. The van der Waals surface area contributed by atoms with Gasteiger partial charge in [0.1, 0.15) is 0 Å². The van der Waals surface area contributed by atoms with Crippen molar-refractivity contribution in [3.05, 3.63) is 35.4 Å². The number of ether oxygens (including phenoxy) is 2. The molecule has 1 aromatic carbocycles. The number of guanidine groups is 1. The maximum absolute atomic E-state index is 8.82. The highest BCUT2D eigenvalue weighted by Crippen LogP contribution is 2.12. The summed E-state index contributed by atoms with van der Waals surface area (Å²) in [5.41, 5.74) is 1.75. The molecule has 2 N–H and O–H groups in total. The van der Waals surface area contributed by atoms with Gasteiger partial charge in [-0.15, -0.1) is 0 Å². The molecule has 1 aliphatic rings. The highest BCUT2D eigenvalue weighted by Gasteiger charge is 2.15. The number of rotatable bonds is 9. The van der Waals surface area contributed by atoms with Crippen molar-refractivity contribution in [2.45, 2.75) is 26.3 Å². The molecule has 1 saturated heterocycles. The number of hydrogen-bond donors (Lipinski definition) is 2. The van der Waals surface area contributed by atoms with Gasteiger partial charge in [-0.05, 0) is 37.5 Å². The van der Waals surface area contributed by atoms with Crippen LogP contribution in [0.25, 0.3) is 0 Å². The van der Waals surface area contributed by atoms with E-state index in [0.29, 0.717) is 18.0 Å². The average Bonchev–Trinajstić information content (AvgIpc) is 3.16. The third-order valence-electron chi connectivity index (χ3n) is 3.98. The van der Waals surface area contributed by atoms with Gasteiger partial charge in [-0.25, -0.2) is 4.99 Å². The first kappa shape index (κ1) is 19.2. The molecule has 1 fully saturated rings. The minimum absolute atomic E-state index is 0.569. The number of nitriles is 1. The van der Waals surface area contributed by atoms with Gasteiger partial charge < -0.3 is 20.1 Å². The van der Waals surface area contributed by atoms with Gasteiger partial charge in [0.25, 0.3) is 0 Å². The van der Waals surface area contributed by atoms with Gasteiger partial charge in [0, 0.05) is 32.2 Å². The predicted molar refractivity (Wildman–Crippen MR) is 98.3 cm³/mol. The fourth-order valence-corrected chi connectivity index (χ4v) is 2.54. The lowest BCUT2D eigenvalue weighted by atomic mass is 10.1. The van der Waals surface area contributed by atoms with Crippen LogP contribution in [0, 0.1) is 17.2 Å². The maximum atomic E-state index is 8.82. The Bertz CT molecular complexity index is 560. The van der Waals surface area contributed by atoms with Crippen molar-refractivity contribution in [3.63, 3.8) is 0 Å². The van der Waals surface area contributed by atoms with E-state index >= 15 is 0 Å². The van der Waals surface area contributed by atoms with Crippen molar-refractivity contribution in [3.8, 4) is 6.07 Å². The van der Waals surface area contributed by atoms with Gasteiger partial charge >= 0.3 is 0 Å². The van der Waals surface area contributed by atoms with Crippen LogP contribution in [0.5, 0.6) is 0 Å². The second-order valence-electron chi connectivity index (χ2n) is 6.09. The summed E-state index contributed by atoms with van der Waals surface area (Å²) in [6, 6.07) is 9.63. The number of benzene rings is 1. The van der Waals surface area contributed by atoms with Crippen LogP contribution in [0.15, 0.2) is 29.3 Å². The molecule has 0 aromatic heterocycles. The second-order valence-corrected chi connectivity index (χ2v) is 6.09. The maximum Gasteiger partial charge on any atom is 0.191 e. The van der Waals surface area contributed by atoms with Gasteiger partial charge in [0.15, 0.2) is 5.96 Å². The Morgan fingerprint density at radius 3 is 2.88 bits per heavy atom. The lowest BCUT2D eigenvalue weighted by Crippen LogP contribution is -2.38. The molecule has 1 atom stereocenters. The topological polar surface area (TPSA) is 78.7 Å². The zero-order valence-electron chi connectivity index (χ0n) is 15.0. The van der Waals surface area contributed by atoms with E-state index in [4.69, 9.17) is 14.7 Å². The molecule has 0 aliphatic carbocycles. The standard InChI is InChI=1S/C19H28N4O2/c1-2-21-19(23-13-17-6-4-16(12-20)5-7-17)22-9-3-10-24-14-18-8-11-25-15-18/h4-7,18H,2-3,8-11,13-15H2,1H3,(H2,21,22,23). The quantitative estimate of drug-likeness (QED) is 0.407. The molecule has 25 heavy (non-hydrogen) atoms. The minimum Gasteiger partial charge on any atom is -0.381 e. The molecule has 1 aromatic rings. The highest BCUT2D eigenvalue weighted by atomic mass is 16.5. The molecule has 6 heteroatoms. The van der Waals surface area contributed by atoms with E-state index in [2.05, 4.69) is 21.7 Å². The SMILES string of the molecule is CCNC(=NCc1ccc(C#N)cc1)NCCCOCC1CCOC1. The first-order valence-electron chi connectivity index (χ1n) is 8.98. The van der Waals surface area contributed by atoms with E-state index in [1.807, 2.05) is 31.2 Å². The third kappa shape index (κ3) is 7.55. The molecule has 6 nitrogen and oxygen atoms in total. The average molecular weight is 344 g/mol. The Morgan fingerprint density at radius 1 is 1.36 bits per heavy atom. The van der Waals surface area contributed by atoms with E-state index in [1.54, 1.807) is 0 Å². The summed E-state index contributed by atoms with van der Waals surface area (Å²) in [7, 11) is 0. The van der Waals surface area contributed by atoms with Crippen LogP contribution in [0.1, 0.15) is 30.9 Å². The van der Waals surface area contributed by atoms with Crippen LogP contribution in [0.3, 0.4) is 0 Å². The van der Waals surface area contributed by atoms with Crippen molar-refractivity contribution >= 4 is 5.96 Å². The van der Waals surface area contributed by atoms with Crippen molar-refractivity contribution in [2.24, 2.45) is 10.9 Å². The molecule has 1 unspecified atom stereocenters. The second kappa shape index (κ2) is 11.5. The first-order valence-corrected chi connectivity index (χ1v) is 8.98.